The van der Waals surface area contributed by atoms with Crippen LogP contribution in [0.4, 0.5) is 5.69 Å². The van der Waals surface area contributed by atoms with E-state index in [-0.39, 0.29) is 16.8 Å². The van der Waals surface area contributed by atoms with Crippen LogP contribution in [0.1, 0.15) is 15.9 Å². The number of aromatic amines is 1. The molecule has 108 valence electrons. The standard InChI is InChI=1S/C14H14N4O3/c1-18(14(20)11-8-16-6-5-12(11)19)10-4-2-3-9(7-10)13(15)17-21/h2-8,21H,1H3,(H2,15,17)(H,16,19). The Morgan fingerprint density at radius 3 is 2.81 bits per heavy atom. The van der Waals surface area contributed by atoms with Gasteiger partial charge >= 0.3 is 0 Å². The predicted octanol–water partition coefficient (Wildman–Crippen LogP) is 0.746. The average Bonchev–Trinajstić information content (AvgIpc) is 2.53. The van der Waals surface area contributed by atoms with Crippen LogP contribution in [0.5, 0.6) is 0 Å². The number of hydrogen-bond acceptors (Lipinski definition) is 4. The highest BCUT2D eigenvalue weighted by Crippen LogP contribution is 2.16. The molecule has 7 heteroatoms. The van der Waals surface area contributed by atoms with Crippen molar-refractivity contribution in [2.75, 3.05) is 11.9 Å². The second-order valence-electron chi connectivity index (χ2n) is 4.32. The summed E-state index contributed by atoms with van der Waals surface area (Å²) in [7, 11) is 1.54. The van der Waals surface area contributed by atoms with E-state index in [9.17, 15) is 9.59 Å². The molecule has 21 heavy (non-hydrogen) atoms. The molecule has 1 aromatic heterocycles. The molecule has 1 aromatic carbocycles. The molecule has 7 nitrogen and oxygen atoms in total. The van der Waals surface area contributed by atoms with Crippen LogP contribution in [-0.2, 0) is 0 Å². The van der Waals surface area contributed by atoms with Crippen molar-refractivity contribution in [3.05, 3.63) is 64.1 Å². The maximum Gasteiger partial charge on any atom is 0.263 e. The van der Waals surface area contributed by atoms with Crippen molar-refractivity contribution in [1.82, 2.24) is 4.98 Å². The molecule has 0 aliphatic heterocycles. The first-order chi connectivity index (χ1) is 10.0. The van der Waals surface area contributed by atoms with Gasteiger partial charge < -0.3 is 20.8 Å². The molecule has 0 unspecified atom stereocenters. The monoisotopic (exact) mass is 286 g/mol. The smallest absolute Gasteiger partial charge is 0.263 e. The molecule has 0 saturated carbocycles. The third-order valence-electron chi connectivity index (χ3n) is 3.00. The third kappa shape index (κ3) is 2.92. The lowest BCUT2D eigenvalue weighted by atomic mass is 10.1. The Morgan fingerprint density at radius 1 is 1.38 bits per heavy atom. The average molecular weight is 286 g/mol. The third-order valence-corrected chi connectivity index (χ3v) is 3.00. The number of benzene rings is 1. The summed E-state index contributed by atoms with van der Waals surface area (Å²) in [5, 5.41) is 11.6. The van der Waals surface area contributed by atoms with Crippen LogP contribution in [0.3, 0.4) is 0 Å². The van der Waals surface area contributed by atoms with Crippen LogP contribution < -0.4 is 16.1 Å². The Morgan fingerprint density at radius 2 is 2.14 bits per heavy atom. The van der Waals surface area contributed by atoms with Crippen molar-refractivity contribution in [3.8, 4) is 0 Å². The molecule has 1 amide bonds. The van der Waals surface area contributed by atoms with E-state index in [1.807, 2.05) is 0 Å². The normalized spacial score (nSPS) is 11.2. The highest BCUT2D eigenvalue weighted by molar-refractivity contribution is 6.06. The molecule has 0 saturated heterocycles. The summed E-state index contributed by atoms with van der Waals surface area (Å²) in [6, 6.07) is 7.87. The van der Waals surface area contributed by atoms with Gasteiger partial charge in [-0.2, -0.15) is 0 Å². The molecule has 2 rings (SSSR count). The zero-order valence-electron chi connectivity index (χ0n) is 11.3. The molecular weight excluding hydrogens is 272 g/mol. The first kappa shape index (κ1) is 14.3. The molecule has 4 N–H and O–H groups in total. The van der Waals surface area contributed by atoms with E-state index in [1.54, 1.807) is 31.3 Å². The fraction of sp³-hybridized carbons (Fsp3) is 0.0714. The largest absolute Gasteiger partial charge is 0.409 e. The summed E-state index contributed by atoms with van der Waals surface area (Å²) in [5.74, 6) is -0.510. The van der Waals surface area contributed by atoms with Gasteiger partial charge in [0.05, 0.1) is 0 Å². The van der Waals surface area contributed by atoms with Gasteiger partial charge in [-0.05, 0) is 12.1 Å². The van der Waals surface area contributed by atoms with Gasteiger partial charge in [0.15, 0.2) is 11.3 Å². The second kappa shape index (κ2) is 5.91. The topological polar surface area (TPSA) is 112 Å². The molecule has 0 aliphatic carbocycles. The summed E-state index contributed by atoms with van der Waals surface area (Å²) in [5.41, 5.74) is 6.18. The fourth-order valence-electron chi connectivity index (χ4n) is 1.81. The zero-order valence-corrected chi connectivity index (χ0v) is 11.3. The molecule has 0 bridgehead atoms. The highest BCUT2D eigenvalue weighted by atomic mass is 16.4. The number of amidine groups is 1. The number of oxime groups is 1. The molecule has 0 radical (unpaired) electrons. The lowest BCUT2D eigenvalue weighted by Crippen LogP contribution is -2.30. The maximum atomic E-state index is 12.3. The minimum Gasteiger partial charge on any atom is -0.409 e. The minimum atomic E-state index is -0.450. The van der Waals surface area contributed by atoms with Crippen LogP contribution in [-0.4, -0.2) is 29.0 Å². The number of nitrogens with one attached hydrogen (secondary N) is 1. The SMILES string of the molecule is CN(C(=O)c1c[nH]ccc1=O)c1cccc(/C(N)=N/O)c1. The van der Waals surface area contributed by atoms with E-state index >= 15 is 0 Å². The number of nitrogens with two attached hydrogens (primary N) is 1. The summed E-state index contributed by atoms with van der Waals surface area (Å²) >= 11 is 0. The Bertz CT molecular complexity index is 752. The van der Waals surface area contributed by atoms with Crippen LogP contribution >= 0.6 is 0 Å². The number of anilines is 1. The van der Waals surface area contributed by atoms with E-state index in [1.165, 1.54) is 23.4 Å². The lowest BCUT2D eigenvalue weighted by molar-refractivity contribution is 0.0991. The summed E-state index contributed by atoms with van der Waals surface area (Å²) < 4.78 is 0. The summed E-state index contributed by atoms with van der Waals surface area (Å²) in [6.45, 7) is 0. The summed E-state index contributed by atoms with van der Waals surface area (Å²) in [4.78, 5) is 28.0. The quantitative estimate of drug-likeness (QED) is 0.334. The Kier molecular flexibility index (Phi) is 4.03. The van der Waals surface area contributed by atoms with E-state index in [4.69, 9.17) is 10.9 Å². The van der Waals surface area contributed by atoms with Crippen molar-refractivity contribution in [2.24, 2.45) is 10.9 Å². The van der Waals surface area contributed by atoms with Crippen LogP contribution in [0, 0.1) is 0 Å². The second-order valence-corrected chi connectivity index (χ2v) is 4.32. The van der Waals surface area contributed by atoms with Gasteiger partial charge in [0.1, 0.15) is 5.56 Å². The molecule has 0 atom stereocenters. The van der Waals surface area contributed by atoms with Crippen molar-refractivity contribution in [2.45, 2.75) is 0 Å². The molecule has 2 aromatic rings. The Labute approximate surface area is 120 Å². The number of pyridine rings is 1. The van der Waals surface area contributed by atoms with E-state index in [0.717, 1.165) is 0 Å². The Hall–Kier alpha value is -3.09. The molecule has 1 heterocycles. The first-order valence-corrected chi connectivity index (χ1v) is 6.07. The molecule has 0 fully saturated rings. The molecule has 0 aliphatic rings. The number of nitrogens with zero attached hydrogens (tertiary/aromatic N) is 2. The molecule has 0 spiro atoms. The summed E-state index contributed by atoms with van der Waals surface area (Å²) in [6.07, 6.45) is 2.81. The van der Waals surface area contributed by atoms with Crippen LogP contribution in [0.2, 0.25) is 0 Å². The maximum absolute atomic E-state index is 12.3. The number of carbonyl (C=O) groups is 1. The van der Waals surface area contributed by atoms with Crippen molar-refractivity contribution in [1.29, 1.82) is 0 Å². The zero-order chi connectivity index (χ0) is 15.4. The number of amides is 1. The van der Waals surface area contributed by atoms with Crippen LogP contribution in [0.25, 0.3) is 0 Å². The van der Waals surface area contributed by atoms with Gasteiger partial charge in [-0.15, -0.1) is 0 Å². The van der Waals surface area contributed by atoms with Gasteiger partial charge in [0.2, 0.25) is 0 Å². The van der Waals surface area contributed by atoms with Crippen molar-refractivity contribution in [3.63, 3.8) is 0 Å². The van der Waals surface area contributed by atoms with Gasteiger partial charge in [-0.1, -0.05) is 17.3 Å². The molecular formula is C14H14N4O3. The Balaban J connectivity index is 2.36. The number of rotatable bonds is 3. The van der Waals surface area contributed by atoms with Gasteiger partial charge in [0, 0.05) is 36.8 Å². The number of aromatic nitrogens is 1. The predicted molar refractivity (Wildman–Crippen MR) is 78.7 cm³/mol. The number of H-pyrrole nitrogens is 1. The van der Waals surface area contributed by atoms with Gasteiger partial charge in [-0.25, -0.2) is 0 Å². The lowest BCUT2D eigenvalue weighted by Gasteiger charge is -2.17. The highest BCUT2D eigenvalue weighted by Gasteiger charge is 2.16. The number of carbonyl (C=O) groups excluding carboxylic acids is 1. The van der Waals surface area contributed by atoms with E-state index in [0.29, 0.717) is 11.3 Å². The van der Waals surface area contributed by atoms with E-state index < -0.39 is 5.91 Å². The fourth-order valence-corrected chi connectivity index (χ4v) is 1.81. The number of hydrogen-bond donors (Lipinski definition) is 3. The van der Waals surface area contributed by atoms with Crippen LogP contribution in [0.15, 0.2) is 52.7 Å². The first-order valence-electron chi connectivity index (χ1n) is 6.07. The van der Waals surface area contributed by atoms with E-state index in [2.05, 4.69) is 10.1 Å². The van der Waals surface area contributed by atoms with Crippen molar-refractivity contribution < 1.29 is 10.0 Å². The minimum absolute atomic E-state index is 0.0363. The van der Waals surface area contributed by atoms with Crippen molar-refractivity contribution >= 4 is 17.4 Å². The van der Waals surface area contributed by atoms with Gasteiger partial charge in [0.25, 0.3) is 5.91 Å². The van der Waals surface area contributed by atoms with Gasteiger partial charge in [-0.3, -0.25) is 9.59 Å².